The molecule has 5 heteroatoms. The van der Waals surface area contributed by atoms with Crippen LogP contribution in [0.5, 0.6) is 0 Å². The van der Waals surface area contributed by atoms with Crippen LogP contribution in [0.2, 0.25) is 0 Å². The molecule has 1 saturated heterocycles. The van der Waals surface area contributed by atoms with Gasteiger partial charge in [-0.3, -0.25) is 4.79 Å². The van der Waals surface area contributed by atoms with E-state index in [-0.39, 0.29) is 12.0 Å². The SMILES string of the molecule is CCC(C)(CN)C(=O)NCC1CN(C)CCO1. The van der Waals surface area contributed by atoms with Crippen LogP contribution in [-0.4, -0.2) is 56.7 Å². The Hall–Kier alpha value is -0.650. The quantitative estimate of drug-likeness (QED) is 0.702. The van der Waals surface area contributed by atoms with Gasteiger partial charge in [0.25, 0.3) is 0 Å². The Morgan fingerprint density at radius 3 is 2.88 bits per heavy atom. The van der Waals surface area contributed by atoms with Gasteiger partial charge < -0.3 is 20.7 Å². The van der Waals surface area contributed by atoms with Crippen LogP contribution in [0, 0.1) is 5.41 Å². The van der Waals surface area contributed by atoms with E-state index >= 15 is 0 Å². The van der Waals surface area contributed by atoms with Crippen molar-refractivity contribution in [3.8, 4) is 0 Å². The predicted molar refractivity (Wildman–Crippen MR) is 67.7 cm³/mol. The Balaban J connectivity index is 2.37. The first-order valence-electron chi connectivity index (χ1n) is 6.30. The first kappa shape index (κ1) is 14.4. The van der Waals surface area contributed by atoms with Crippen LogP contribution in [0.4, 0.5) is 0 Å². The van der Waals surface area contributed by atoms with Gasteiger partial charge in [0.15, 0.2) is 0 Å². The minimum Gasteiger partial charge on any atom is -0.374 e. The molecule has 0 aromatic heterocycles. The second kappa shape index (κ2) is 6.33. The molecule has 2 unspecified atom stereocenters. The summed E-state index contributed by atoms with van der Waals surface area (Å²) < 4.78 is 5.59. The van der Waals surface area contributed by atoms with Crippen LogP contribution >= 0.6 is 0 Å². The van der Waals surface area contributed by atoms with E-state index in [1.165, 1.54) is 0 Å². The van der Waals surface area contributed by atoms with Crippen molar-refractivity contribution >= 4 is 5.91 Å². The zero-order valence-corrected chi connectivity index (χ0v) is 11.2. The highest BCUT2D eigenvalue weighted by Crippen LogP contribution is 2.19. The van der Waals surface area contributed by atoms with Gasteiger partial charge in [0.2, 0.25) is 5.91 Å². The van der Waals surface area contributed by atoms with Gasteiger partial charge in [0, 0.05) is 26.2 Å². The van der Waals surface area contributed by atoms with E-state index in [1.807, 2.05) is 13.8 Å². The number of nitrogens with zero attached hydrogens (tertiary/aromatic N) is 1. The summed E-state index contributed by atoms with van der Waals surface area (Å²) >= 11 is 0. The van der Waals surface area contributed by atoms with Crippen LogP contribution < -0.4 is 11.1 Å². The lowest BCUT2D eigenvalue weighted by Gasteiger charge is -2.31. The van der Waals surface area contributed by atoms with Crippen LogP contribution in [0.1, 0.15) is 20.3 Å². The second-order valence-electron chi connectivity index (χ2n) is 5.08. The lowest BCUT2D eigenvalue weighted by atomic mass is 9.86. The number of nitrogens with two attached hydrogens (primary N) is 1. The maximum absolute atomic E-state index is 12.0. The van der Waals surface area contributed by atoms with Crippen molar-refractivity contribution in [3.05, 3.63) is 0 Å². The summed E-state index contributed by atoms with van der Waals surface area (Å²) in [4.78, 5) is 14.2. The monoisotopic (exact) mass is 243 g/mol. The molecule has 0 aliphatic carbocycles. The van der Waals surface area contributed by atoms with Crippen LogP contribution in [0.15, 0.2) is 0 Å². The molecule has 1 amide bonds. The molecule has 1 heterocycles. The fourth-order valence-corrected chi connectivity index (χ4v) is 1.81. The summed E-state index contributed by atoms with van der Waals surface area (Å²) in [6.07, 6.45) is 0.845. The number of carbonyl (C=O) groups is 1. The van der Waals surface area contributed by atoms with Crippen LogP contribution in [0.3, 0.4) is 0 Å². The highest BCUT2D eigenvalue weighted by Gasteiger charge is 2.30. The topological polar surface area (TPSA) is 67.6 Å². The molecule has 0 spiro atoms. The second-order valence-corrected chi connectivity index (χ2v) is 5.08. The van der Waals surface area contributed by atoms with Crippen molar-refractivity contribution in [2.75, 3.05) is 39.8 Å². The van der Waals surface area contributed by atoms with E-state index in [4.69, 9.17) is 10.5 Å². The van der Waals surface area contributed by atoms with Crippen molar-refractivity contribution in [3.63, 3.8) is 0 Å². The predicted octanol–water partition coefficient (Wildman–Crippen LogP) is -0.192. The number of carbonyl (C=O) groups excluding carboxylic acids is 1. The smallest absolute Gasteiger partial charge is 0.227 e. The maximum atomic E-state index is 12.0. The van der Waals surface area contributed by atoms with Gasteiger partial charge in [-0.05, 0) is 20.4 Å². The molecule has 2 atom stereocenters. The Morgan fingerprint density at radius 1 is 1.65 bits per heavy atom. The number of likely N-dealkylation sites (N-methyl/N-ethyl adjacent to an activating group) is 1. The van der Waals surface area contributed by atoms with Crippen molar-refractivity contribution in [2.45, 2.75) is 26.4 Å². The Kier molecular flexibility index (Phi) is 5.36. The Morgan fingerprint density at radius 2 is 2.35 bits per heavy atom. The maximum Gasteiger partial charge on any atom is 0.227 e. The molecular weight excluding hydrogens is 218 g/mol. The number of rotatable bonds is 5. The summed E-state index contributed by atoms with van der Waals surface area (Å²) in [5, 5.41) is 2.94. The lowest BCUT2D eigenvalue weighted by molar-refractivity contribution is -0.131. The van der Waals surface area contributed by atoms with Crippen molar-refractivity contribution in [2.24, 2.45) is 11.1 Å². The summed E-state index contributed by atoms with van der Waals surface area (Å²) in [6, 6.07) is 0. The third-order valence-corrected chi connectivity index (χ3v) is 3.61. The zero-order chi connectivity index (χ0) is 12.9. The molecule has 3 N–H and O–H groups in total. The average molecular weight is 243 g/mol. The van der Waals surface area contributed by atoms with Gasteiger partial charge in [-0.15, -0.1) is 0 Å². The third-order valence-electron chi connectivity index (χ3n) is 3.61. The van der Waals surface area contributed by atoms with Crippen molar-refractivity contribution < 1.29 is 9.53 Å². The van der Waals surface area contributed by atoms with E-state index in [0.717, 1.165) is 26.1 Å². The van der Waals surface area contributed by atoms with Gasteiger partial charge in [0.05, 0.1) is 18.1 Å². The van der Waals surface area contributed by atoms with Crippen LogP contribution in [-0.2, 0) is 9.53 Å². The van der Waals surface area contributed by atoms with E-state index in [0.29, 0.717) is 13.1 Å². The Labute approximate surface area is 104 Å². The zero-order valence-electron chi connectivity index (χ0n) is 11.2. The normalized spacial score (nSPS) is 25.3. The average Bonchev–Trinajstić information content (AvgIpc) is 2.35. The van der Waals surface area contributed by atoms with E-state index < -0.39 is 5.41 Å². The number of hydrogen-bond acceptors (Lipinski definition) is 4. The molecule has 1 aliphatic rings. The van der Waals surface area contributed by atoms with E-state index in [2.05, 4.69) is 17.3 Å². The van der Waals surface area contributed by atoms with Crippen molar-refractivity contribution in [1.82, 2.24) is 10.2 Å². The number of morpholine rings is 1. The summed E-state index contributed by atoms with van der Waals surface area (Å²) in [6.45, 7) is 7.39. The van der Waals surface area contributed by atoms with E-state index in [9.17, 15) is 4.79 Å². The number of ether oxygens (including phenoxy) is 1. The number of amides is 1. The molecule has 0 saturated carbocycles. The van der Waals surface area contributed by atoms with Gasteiger partial charge >= 0.3 is 0 Å². The standard InChI is InChI=1S/C12H25N3O2/c1-4-12(2,9-13)11(16)14-7-10-8-15(3)5-6-17-10/h10H,4-9,13H2,1-3H3,(H,14,16). The molecule has 1 fully saturated rings. The number of nitrogens with one attached hydrogen (secondary N) is 1. The van der Waals surface area contributed by atoms with E-state index in [1.54, 1.807) is 0 Å². The fourth-order valence-electron chi connectivity index (χ4n) is 1.81. The highest BCUT2D eigenvalue weighted by molar-refractivity contribution is 5.82. The van der Waals surface area contributed by atoms with Crippen LogP contribution in [0.25, 0.3) is 0 Å². The first-order valence-corrected chi connectivity index (χ1v) is 6.30. The number of hydrogen-bond donors (Lipinski definition) is 2. The van der Waals surface area contributed by atoms with Gasteiger partial charge in [0.1, 0.15) is 0 Å². The molecule has 0 radical (unpaired) electrons. The molecular formula is C12H25N3O2. The molecule has 0 aromatic carbocycles. The molecule has 100 valence electrons. The fraction of sp³-hybridized carbons (Fsp3) is 0.917. The highest BCUT2D eigenvalue weighted by atomic mass is 16.5. The molecule has 0 bridgehead atoms. The minimum absolute atomic E-state index is 0.0272. The Bertz CT molecular complexity index is 254. The van der Waals surface area contributed by atoms with Crippen molar-refractivity contribution in [1.29, 1.82) is 0 Å². The molecule has 1 rings (SSSR count). The first-order chi connectivity index (χ1) is 8.01. The lowest BCUT2D eigenvalue weighted by Crippen LogP contribution is -2.50. The van der Waals surface area contributed by atoms with Gasteiger partial charge in [-0.2, -0.15) is 0 Å². The molecule has 0 aromatic rings. The van der Waals surface area contributed by atoms with Gasteiger partial charge in [-0.1, -0.05) is 6.92 Å². The molecule has 17 heavy (non-hydrogen) atoms. The summed E-state index contributed by atoms with van der Waals surface area (Å²) in [5.41, 5.74) is 5.19. The minimum atomic E-state index is -0.458. The van der Waals surface area contributed by atoms with Gasteiger partial charge in [-0.25, -0.2) is 0 Å². The summed E-state index contributed by atoms with van der Waals surface area (Å²) in [5.74, 6) is 0.0272. The molecule has 5 nitrogen and oxygen atoms in total. The third kappa shape index (κ3) is 3.94. The summed E-state index contributed by atoms with van der Waals surface area (Å²) in [7, 11) is 2.06. The molecule has 1 aliphatic heterocycles. The largest absolute Gasteiger partial charge is 0.374 e.